The lowest BCUT2D eigenvalue weighted by molar-refractivity contribution is -0.603. The number of nitrogens with one attached hydrogen (secondary N) is 2. The second-order valence-electron chi connectivity index (χ2n) is 7.44. The van der Waals surface area contributed by atoms with Gasteiger partial charge in [0, 0.05) is 43.6 Å². The molecule has 41 heavy (non-hydrogen) atoms. The molecule has 0 unspecified atom stereocenters. The van der Waals surface area contributed by atoms with E-state index in [0.717, 1.165) is 5.69 Å². The average molecular weight is 602 g/mol. The van der Waals surface area contributed by atoms with Crippen LogP contribution in [0.5, 0.6) is 23.0 Å². The first-order valence-corrected chi connectivity index (χ1v) is 13.5. The summed E-state index contributed by atoms with van der Waals surface area (Å²) in [6.07, 6.45) is 2.84. The van der Waals surface area contributed by atoms with Crippen molar-refractivity contribution in [3.05, 3.63) is 101 Å². The molecule has 2 N–H and O–H groups in total. The number of nitrogens with zero attached hydrogens (tertiary/aromatic N) is 2. The molecule has 0 aliphatic heterocycles. The number of aromatic nitrogens is 2. The van der Waals surface area contributed by atoms with Crippen LogP contribution in [-0.4, -0.2) is 16.8 Å². The van der Waals surface area contributed by atoms with Crippen LogP contribution >= 0.6 is 23.2 Å². The van der Waals surface area contributed by atoms with Gasteiger partial charge in [0.1, 0.15) is 28.2 Å². The van der Waals surface area contributed by atoms with Crippen molar-refractivity contribution >= 4 is 46.4 Å². The Morgan fingerprint density at radius 3 is 1.54 bits per heavy atom. The molecule has 0 bridgehead atoms. The van der Waals surface area contributed by atoms with Crippen LogP contribution in [0.4, 0.5) is 11.4 Å². The third-order valence-electron chi connectivity index (χ3n) is 4.36. The summed E-state index contributed by atoms with van der Waals surface area (Å²) in [6, 6.07) is 20.2. The van der Waals surface area contributed by atoms with Crippen molar-refractivity contribution in [1.29, 1.82) is 0 Å². The van der Waals surface area contributed by atoms with Crippen LogP contribution in [0.1, 0.15) is 41.5 Å². The van der Waals surface area contributed by atoms with Gasteiger partial charge in [-0.3, -0.25) is 9.59 Å². The second-order valence-corrected chi connectivity index (χ2v) is 8.21. The second kappa shape index (κ2) is 18.9. The molecule has 2 aromatic carbocycles. The molecule has 9 nitrogen and oxygen atoms in total. The normalized spacial score (nSPS) is 9.27. The highest BCUT2D eigenvalue weighted by Gasteiger charge is 2.05. The Morgan fingerprint density at radius 1 is 0.707 bits per heavy atom. The van der Waals surface area contributed by atoms with Gasteiger partial charge in [-0.15, -0.1) is 0 Å². The minimum absolute atomic E-state index is 0.0346. The van der Waals surface area contributed by atoms with E-state index in [4.69, 9.17) is 32.7 Å². The predicted molar refractivity (Wildman–Crippen MR) is 164 cm³/mol. The van der Waals surface area contributed by atoms with Crippen molar-refractivity contribution in [2.75, 3.05) is 10.6 Å². The predicted octanol–water partition coefficient (Wildman–Crippen LogP) is 8.26. The van der Waals surface area contributed by atoms with E-state index in [0.29, 0.717) is 38.6 Å². The van der Waals surface area contributed by atoms with Crippen molar-refractivity contribution < 1.29 is 23.8 Å². The lowest BCUT2D eigenvalue weighted by atomic mass is 10.3. The number of hydrogen-bond acceptors (Lipinski definition) is 6. The van der Waals surface area contributed by atoms with E-state index in [9.17, 15) is 14.8 Å². The summed E-state index contributed by atoms with van der Waals surface area (Å²) in [5.41, 5.74) is 1.41. The fraction of sp³-hybridized carbons (Fsp3) is 0.200. The Bertz CT molecular complexity index is 1370. The van der Waals surface area contributed by atoms with E-state index in [1.54, 1.807) is 66.9 Å². The average Bonchev–Trinajstić information content (AvgIpc) is 2.95. The van der Waals surface area contributed by atoms with E-state index in [-0.39, 0.29) is 17.0 Å². The molecule has 0 fully saturated rings. The van der Waals surface area contributed by atoms with E-state index >= 15 is 0 Å². The summed E-state index contributed by atoms with van der Waals surface area (Å²) in [6.45, 7) is 10.9. The number of amides is 2. The first-order valence-electron chi connectivity index (χ1n) is 12.8. The highest BCUT2D eigenvalue weighted by atomic mass is 35.5. The van der Waals surface area contributed by atoms with E-state index in [1.807, 2.05) is 27.7 Å². The van der Waals surface area contributed by atoms with Crippen LogP contribution in [0.3, 0.4) is 0 Å². The number of halogens is 2. The molecule has 4 aromatic rings. The third kappa shape index (κ3) is 13.5. The van der Waals surface area contributed by atoms with Gasteiger partial charge in [0.15, 0.2) is 6.20 Å². The number of rotatable bonds is 6. The number of ether oxygens (including phenoxy) is 2. The molecule has 2 aromatic heterocycles. The number of anilines is 2. The van der Waals surface area contributed by atoms with E-state index in [1.165, 1.54) is 32.2 Å². The summed E-state index contributed by atoms with van der Waals surface area (Å²) in [5, 5.41) is 16.8. The Hall–Kier alpha value is -4.34. The molecular formula is C30H34Cl2N4O5. The zero-order valence-electron chi connectivity index (χ0n) is 23.8. The molecule has 0 atom stereocenters. The van der Waals surface area contributed by atoms with Crippen molar-refractivity contribution in [2.24, 2.45) is 0 Å². The van der Waals surface area contributed by atoms with Crippen molar-refractivity contribution in [2.45, 2.75) is 41.5 Å². The van der Waals surface area contributed by atoms with Crippen molar-refractivity contribution in [1.82, 2.24) is 4.98 Å². The molecule has 218 valence electrons. The zero-order chi connectivity index (χ0) is 30.8. The molecule has 2 heterocycles. The summed E-state index contributed by atoms with van der Waals surface area (Å²) in [4.78, 5) is 25.6. The lowest BCUT2D eigenvalue weighted by Gasteiger charge is -2.07. The minimum Gasteiger partial charge on any atom is -0.618 e. The van der Waals surface area contributed by atoms with Crippen molar-refractivity contribution in [3.63, 3.8) is 0 Å². The standard InChI is InChI=1S/C13H11ClN2O3.C13H11ClN2O2.2C2H6/c1-9(17)15-10-2-4-11(5-3-10)19-12-6-7-16(18)13(14)8-12;1-9(17)16-10-2-4-11(5-3-10)18-12-6-7-15-13(14)8-12;2*1-2/h2-8H,1H3,(H,15,17);2-8H,1H3,(H,16,17);2*1-2H3. The van der Waals surface area contributed by atoms with Crippen LogP contribution in [0.25, 0.3) is 0 Å². The maximum atomic E-state index is 11.1. The van der Waals surface area contributed by atoms with Gasteiger partial charge >= 0.3 is 0 Å². The van der Waals surface area contributed by atoms with Gasteiger partial charge in [0.05, 0.1) is 6.07 Å². The molecule has 2 amide bonds. The van der Waals surface area contributed by atoms with Gasteiger partial charge in [-0.25, -0.2) is 4.98 Å². The molecule has 0 saturated heterocycles. The van der Waals surface area contributed by atoms with Crippen LogP contribution in [-0.2, 0) is 9.59 Å². The lowest BCUT2D eigenvalue weighted by Crippen LogP contribution is -2.26. The topological polar surface area (TPSA) is 116 Å². The van der Waals surface area contributed by atoms with Crippen LogP contribution < -0.4 is 24.8 Å². The van der Waals surface area contributed by atoms with E-state index in [2.05, 4.69) is 15.6 Å². The molecule has 0 saturated carbocycles. The van der Waals surface area contributed by atoms with Gasteiger partial charge in [0.2, 0.25) is 11.8 Å². The van der Waals surface area contributed by atoms with Crippen molar-refractivity contribution in [3.8, 4) is 23.0 Å². The fourth-order valence-electron chi connectivity index (χ4n) is 2.84. The number of carbonyl (C=O) groups excluding carboxylic acids is 2. The minimum atomic E-state index is -0.136. The molecule has 0 aliphatic rings. The van der Waals surface area contributed by atoms with Gasteiger partial charge in [-0.2, -0.15) is 4.73 Å². The highest BCUT2D eigenvalue weighted by Crippen LogP contribution is 2.25. The fourth-order valence-corrected chi connectivity index (χ4v) is 3.17. The quantitative estimate of drug-likeness (QED) is 0.131. The monoisotopic (exact) mass is 600 g/mol. The van der Waals surface area contributed by atoms with Crippen LogP contribution in [0.2, 0.25) is 10.3 Å². The summed E-state index contributed by atoms with van der Waals surface area (Å²) < 4.78 is 11.6. The zero-order valence-corrected chi connectivity index (χ0v) is 25.3. The van der Waals surface area contributed by atoms with Crippen LogP contribution in [0, 0.1) is 5.21 Å². The largest absolute Gasteiger partial charge is 0.618 e. The number of benzene rings is 2. The Kier molecular flexibility index (Phi) is 16.0. The number of carbonyl (C=O) groups is 2. The number of hydrogen-bond donors (Lipinski definition) is 2. The smallest absolute Gasteiger partial charge is 0.289 e. The molecule has 0 spiro atoms. The van der Waals surface area contributed by atoms with Gasteiger partial charge < -0.3 is 25.3 Å². The highest BCUT2D eigenvalue weighted by molar-refractivity contribution is 6.29. The Balaban J connectivity index is 0.000000366. The van der Waals surface area contributed by atoms with E-state index < -0.39 is 0 Å². The van der Waals surface area contributed by atoms with Crippen LogP contribution in [0.15, 0.2) is 85.2 Å². The Labute approximate surface area is 250 Å². The molecule has 4 rings (SSSR count). The summed E-state index contributed by atoms with van der Waals surface area (Å²) >= 11 is 11.4. The van der Waals surface area contributed by atoms with Gasteiger partial charge in [-0.1, -0.05) is 39.3 Å². The molecule has 0 radical (unpaired) electrons. The molecular weight excluding hydrogens is 567 g/mol. The Morgan fingerprint density at radius 2 is 1.15 bits per heavy atom. The summed E-state index contributed by atoms with van der Waals surface area (Å²) in [5.74, 6) is 2.07. The SMILES string of the molecule is CC.CC.CC(=O)Nc1ccc(Oc2cc[n+]([O-])c(Cl)c2)cc1.CC(=O)Nc1ccc(Oc2ccnc(Cl)c2)cc1. The maximum absolute atomic E-state index is 11.1. The third-order valence-corrected chi connectivity index (χ3v) is 4.85. The van der Waals surface area contributed by atoms with Gasteiger partial charge in [0.25, 0.3) is 5.15 Å². The molecule has 11 heteroatoms. The number of pyridine rings is 2. The first kappa shape index (κ1) is 34.7. The maximum Gasteiger partial charge on any atom is 0.289 e. The molecule has 0 aliphatic carbocycles. The summed E-state index contributed by atoms with van der Waals surface area (Å²) in [7, 11) is 0. The van der Waals surface area contributed by atoms with Gasteiger partial charge in [-0.05, 0) is 66.2 Å². The first-order chi connectivity index (χ1) is 19.7.